The number of fused-ring (bicyclic) bond motifs is 1. The predicted molar refractivity (Wildman–Crippen MR) is 115 cm³/mol. The van der Waals surface area contributed by atoms with Crippen LogP contribution in [0.5, 0.6) is 0 Å². The molecular weight excluding hydrogens is 396 g/mol. The van der Waals surface area contributed by atoms with Crippen molar-refractivity contribution < 1.29 is 24.2 Å². The van der Waals surface area contributed by atoms with Crippen molar-refractivity contribution in [1.29, 1.82) is 0 Å². The van der Waals surface area contributed by atoms with E-state index in [1.54, 1.807) is 0 Å². The number of carbonyl (C=O) groups is 2. The van der Waals surface area contributed by atoms with E-state index < -0.39 is 40.5 Å². The molecule has 1 saturated heterocycles. The summed E-state index contributed by atoms with van der Waals surface area (Å²) in [6.45, 7) is 5.02. The van der Waals surface area contributed by atoms with E-state index in [1.165, 1.54) is 14.0 Å². The summed E-state index contributed by atoms with van der Waals surface area (Å²) in [5, 5.41) is 12.4. The molecule has 6 atom stereocenters. The Morgan fingerprint density at radius 3 is 2.68 bits per heavy atom. The van der Waals surface area contributed by atoms with Crippen LogP contribution in [0.15, 0.2) is 36.4 Å². The molecule has 0 radical (unpaired) electrons. The van der Waals surface area contributed by atoms with Crippen LogP contribution in [0.1, 0.15) is 32.3 Å². The van der Waals surface area contributed by atoms with E-state index in [1.807, 2.05) is 37.1 Å². The summed E-state index contributed by atoms with van der Waals surface area (Å²) >= 11 is 0. The second kappa shape index (κ2) is 6.56. The van der Waals surface area contributed by atoms with Gasteiger partial charge in [-0.05, 0) is 31.0 Å². The molecule has 1 aromatic carbocycles. The quantitative estimate of drug-likeness (QED) is 0.581. The zero-order valence-corrected chi connectivity index (χ0v) is 18.5. The van der Waals surface area contributed by atoms with Gasteiger partial charge in [0, 0.05) is 43.1 Å². The minimum Gasteiger partial charge on any atom is -0.467 e. The number of likely N-dealkylation sites (N-methyl/N-ethyl adjacent to an activating group) is 1. The van der Waals surface area contributed by atoms with Crippen LogP contribution in [0.2, 0.25) is 0 Å². The first-order valence-electron chi connectivity index (χ1n) is 11.0. The van der Waals surface area contributed by atoms with Crippen molar-refractivity contribution in [3.63, 3.8) is 0 Å². The average molecular weight is 427 g/mol. The standard InChI is InChI=1S/C24H30N2O5/c1-5-22-11-8-13-26-14-12-23(18(22)26)16-9-6-7-10-17(16)25(3)19(23)24(29,21(28)30-4)20(22)31-15(2)27/h6-11,18-20,29H,5,12-14H2,1-4H3/t18-,19?,20+,22+,23+,24+/m0/s1. The molecule has 166 valence electrons. The summed E-state index contributed by atoms with van der Waals surface area (Å²) in [6, 6.07) is 7.53. The van der Waals surface area contributed by atoms with Gasteiger partial charge in [0.25, 0.3) is 0 Å². The van der Waals surface area contributed by atoms with Crippen molar-refractivity contribution in [2.45, 2.75) is 55.9 Å². The zero-order valence-electron chi connectivity index (χ0n) is 18.5. The lowest BCUT2D eigenvalue weighted by molar-refractivity contribution is -0.228. The highest BCUT2D eigenvalue weighted by molar-refractivity contribution is 5.86. The van der Waals surface area contributed by atoms with E-state index in [0.29, 0.717) is 6.42 Å². The monoisotopic (exact) mass is 426 g/mol. The molecular formula is C24H30N2O5. The van der Waals surface area contributed by atoms with Crippen molar-refractivity contribution in [3.05, 3.63) is 42.0 Å². The highest BCUT2D eigenvalue weighted by Gasteiger charge is 2.80. The number of methoxy groups -OCH3 is 1. The normalized spacial score (nSPS) is 40.2. The average Bonchev–Trinajstić information content (AvgIpc) is 3.28. The fourth-order valence-corrected chi connectivity index (χ4v) is 7.53. The summed E-state index contributed by atoms with van der Waals surface area (Å²) in [6.07, 6.45) is 4.52. The third-order valence-corrected chi connectivity index (χ3v) is 8.32. The predicted octanol–water partition coefficient (Wildman–Crippen LogP) is 1.63. The van der Waals surface area contributed by atoms with Crippen LogP contribution in [0, 0.1) is 5.41 Å². The number of esters is 2. The molecule has 1 aliphatic carbocycles. The van der Waals surface area contributed by atoms with Gasteiger partial charge in [-0.15, -0.1) is 0 Å². The summed E-state index contributed by atoms with van der Waals surface area (Å²) in [5.41, 5.74) is -1.10. The number of para-hydroxylation sites is 1. The minimum atomic E-state index is -2.03. The Balaban J connectivity index is 1.87. The molecule has 31 heavy (non-hydrogen) atoms. The molecule has 3 heterocycles. The lowest BCUT2D eigenvalue weighted by atomic mass is 9.47. The number of ether oxygens (including phenoxy) is 2. The molecule has 1 aromatic rings. The van der Waals surface area contributed by atoms with Crippen molar-refractivity contribution in [2.75, 3.05) is 32.1 Å². The highest BCUT2D eigenvalue weighted by atomic mass is 16.6. The van der Waals surface area contributed by atoms with Gasteiger partial charge in [-0.1, -0.05) is 37.3 Å². The Hall–Kier alpha value is -2.38. The lowest BCUT2D eigenvalue weighted by Crippen LogP contribution is -2.81. The summed E-state index contributed by atoms with van der Waals surface area (Å²) in [5.74, 6) is -1.28. The Morgan fingerprint density at radius 2 is 2.00 bits per heavy atom. The molecule has 7 nitrogen and oxygen atoms in total. The van der Waals surface area contributed by atoms with E-state index in [4.69, 9.17) is 9.47 Å². The van der Waals surface area contributed by atoms with Crippen LogP contribution >= 0.6 is 0 Å². The van der Waals surface area contributed by atoms with Gasteiger partial charge >= 0.3 is 11.9 Å². The van der Waals surface area contributed by atoms with Gasteiger partial charge in [0.1, 0.15) is 0 Å². The van der Waals surface area contributed by atoms with Crippen LogP contribution in [-0.4, -0.2) is 73.0 Å². The number of aliphatic hydroxyl groups is 1. The first-order chi connectivity index (χ1) is 14.8. The van der Waals surface area contributed by atoms with Crippen LogP contribution in [0.3, 0.4) is 0 Å². The van der Waals surface area contributed by atoms with Crippen molar-refractivity contribution in [2.24, 2.45) is 5.41 Å². The van der Waals surface area contributed by atoms with Crippen LogP contribution < -0.4 is 4.90 Å². The number of rotatable bonds is 3. The van der Waals surface area contributed by atoms with Gasteiger partial charge in [0.15, 0.2) is 6.10 Å². The number of hydrogen-bond acceptors (Lipinski definition) is 7. The molecule has 4 aliphatic rings. The van der Waals surface area contributed by atoms with Gasteiger partial charge in [0.05, 0.1) is 13.2 Å². The Labute approximate surface area is 182 Å². The van der Waals surface area contributed by atoms with Crippen molar-refractivity contribution >= 4 is 17.6 Å². The number of anilines is 1. The largest absolute Gasteiger partial charge is 0.467 e. The number of nitrogens with zero attached hydrogens (tertiary/aromatic N) is 2. The molecule has 0 aromatic heterocycles. The number of carbonyl (C=O) groups excluding carboxylic acids is 2. The molecule has 3 aliphatic heterocycles. The second-order valence-corrected chi connectivity index (χ2v) is 9.39. The van der Waals surface area contributed by atoms with E-state index in [9.17, 15) is 14.7 Å². The first-order valence-corrected chi connectivity index (χ1v) is 11.0. The maximum absolute atomic E-state index is 13.4. The molecule has 5 rings (SSSR count). The summed E-state index contributed by atoms with van der Waals surface area (Å²) in [4.78, 5) is 30.1. The maximum Gasteiger partial charge on any atom is 0.344 e. The van der Waals surface area contributed by atoms with Gasteiger partial charge in [0.2, 0.25) is 5.60 Å². The summed E-state index contributed by atoms with van der Waals surface area (Å²) < 4.78 is 11.1. The third-order valence-electron chi connectivity index (χ3n) is 8.32. The first kappa shape index (κ1) is 20.5. The molecule has 2 fully saturated rings. The molecule has 1 unspecified atom stereocenters. The minimum absolute atomic E-state index is 0.0135. The van der Waals surface area contributed by atoms with E-state index in [0.717, 1.165) is 30.8 Å². The fraction of sp³-hybridized carbons (Fsp3) is 0.583. The smallest absolute Gasteiger partial charge is 0.344 e. The lowest BCUT2D eigenvalue weighted by Gasteiger charge is -2.63. The fourth-order valence-electron chi connectivity index (χ4n) is 7.53. The van der Waals surface area contributed by atoms with Gasteiger partial charge < -0.3 is 19.5 Å². The Kier molecular flexibility index (Phi) is 4.34. The van der Waals surface area contributed by atoms with Gasteiger partial charge in [-0.3, -0.25) is 9.69 Å². The molecule has 1 spiro atoms. The van der Waals surface area contributed by atoms with E-state index >= 15 is 0 Å². The van der Waals surface area contributed by atoms with E-state index in [2.05, 4.69) is 23.1 Å². The van der Waals surface area contributed by atoms with Crippen molar-refractivity contribution in [1.82, 2.24) is 4.90 Å². The molecule has 1 N–H and O–H groups in total. The van der Waals surface area contributed by atoms with E-state index in [-0.39, 0.29) is 6.04 Å². The third kappa shape index (κ3) is 2.21. The topological polar surface area (TPSA) is 79.3 Å². The maximum atomic E-state index is 13.4. The van der Waals surface area contributed by atoms with Crippen LogP contribution in [0.4, 0.5) is 5.69 Å². The van der Waals surface area contributed by atoms with Gasteiger partial charge in [-0.25, -0.2) is 4.79 Å². The van der Waals surface area contributed by atoms with Gasteiger partial charge in [-0.2, -0.15) is 0 Å². The Bertz CT molecular complexity index is 978. The SMILES string of the molecule is CC[C@]12C=CCN3CC[C@@]4(c5ccccc5N(C)C4[C@](O)(C(=O)OC)[C@@H]1OC(C)=O)[C@@H]32. The van der Waals surface area contributed by atoms with Crippen molar-refractivity contribution in [3.8, 4) is 0 Å². The molecule has 0 amide bonds. The number of hydrogen-bond donors (Lipinski definition) is 1. The van der Waals surface area contributed by atoms with Crippen LogP contribution in [-0.2, 0) is 24.5 Å². The Morgan fingerprint density at radius 1 is 1.26 bits per heavy atom. The van der Waals surface area contributed by atoms with Crippen LogP contribution in [0.25, 0.3) is 0 Å². The molecule has 0 bridgehead atoms. The second-order valence-electron chi connectivity index (χ2n) is 9.39. The number of benzene rings is 1. The molecule has 1 saturated carbocycles. The summed E-state index contributed by atoms with van der Waals surface area (Å²) in [7, 11) is 3.19. The zero-order chi connectivity index (χ0) is 22.2. The highest BCUT2D eigenvalue weighted by Crippen LogP contribution is 2.67. The molecule has 7 heteroatoms.